The fourth-order valence-electron chi connectivity index (χ4n) is 1.97. The van der Waals surface area contributed by atoms with Crippen LogP contribution in [-0.4, -0.2) is 17.8 Å². The second-order valence-corrected chi connectivity index (χ2v) is 6.07. The Morgan fingerprint density at radius 2 is 1.58 bits per heavy atom. The molecule has 0 fully saturated rings. The first-order chi connectivity index (χ1) is 12.3. The summed E-state index contributed by atoms with van der Waals surface area (Å²) in [6.07, 6.45) is 1.40. The summed E-state index contributed by atoms with van der Waals surface area (Å²) in [6, 6.07) is 9.36. The lowest BCUT2D eigenvalue weighted by atomic mass is 10.1. The molecule has 2 aromatic carbocycles. The maximum Gasteiger partial charge on any atom is 0.257 e. The Labute approximate surface area is 159 Å². The minimum absolute atomic E-state index is 0.130. The molecule has 0 unspecified atom stereocenters. The third-order valence-electron chi connectivity index (χ3n) is 3.28. The first-order valence-electron chi connectivity index (χ1n) is 7.33. The Balaban J connectivity index is 2.17. The van der Waals surface area contributed by atoms with E-state index in [0.29, 0.717) is 16.8 Å². The van der Waals surface area contributed by atoms with Gasteiger partial charge in [0.1, 0.15) is 0 Å². The highest BCUT2D eigenvalue weighted by atomic mass is 35.5. The molecule has 0 saturated carbocycles. The number of benzene rings is 2. The van der Waals surface area contributed by atoms with E-state index in [1.165, 1.54) is 18.2 Å². The number of aliphatic carboxylic acids is 1. The molecule has 8 heteroatoms. The number of aryl methyl sites for hydroxylation is 1. The Bertz CT molecular complexity index is 910. The predicted octanol–water partition coefficient (Wildman–Crippen LogP) is 2.80. The van der Waals surface area contributed by atoms with E-state index in [1.807, 2.05) is 6.92 Å². The number of carboxylic acid groups (broad SMARTS) is 1. The Morgan fingerprint density at radius 1 is 0.923 bits per heavy atom. The monoisotopic (exact) mass is 391 g/mol. The number of hydrogen-bond acceptors (Lipinski definition) is 4. The maximum absolute atomic E-state index is 12.4. The lowest BCUT2D eigenvalue weighted by Gasteiger charge is -2.10. The van der Waals surface area contributed by atoms with Gasteiger partial charge in [0.15, 0.2) is 0 Å². The molecule has 0 bridgehead atoms. The van der Waals surface area contributed by atoms with Crippen molar-refractivity contribution in [3.63, 3.8) is 0 Å². The summed E-state index contributed by atoms with van der Waals surface area (Å²) >= 11 is 12.1. The first-order valence-corrected chi connectivity index (χ1v) is 8.09. The average Bonchev–Trinajstić information content (AvgIpc) is 2.58. The Hall–Kier alpha value is -2.83. The van der Waals surface area contributed by atoms with Gasteiger partial charge in [-0.05, 0) is 48.9 Å². The molecule has 0 aliphatic carbocycles. The van der Waals surface area contributed by atoms with Crippen molar-refractivity contribution in [2.45, 2.75) is 6.92 Å². The molecular weight excluding hydrogens is 379 g/mol. The van der Waals surface area contributed by atoms with Crippen LogP contribution in [-0.2, 0) is 9.59 Å². The highest BCUT2D eigenvalue weighted by Gasteiger charge is 2.13. The normalized spacial score (nSPS) is 10.6. The summed E-state index contributed by atoms with van der Waals surface area (Å²) in [7, 11) is 0. The second kappa shape index (κ2) is 8.51. The molecule has 0 saturated heterocycles. The van der Waals surface area contributed by atoms with Crippen LogP contribution >= 0.6 is 23.2 Å². The number of carboxylic acids is 1. The molecular formula is C18H13Cl2N2O4-. The summed E-state index contributed by atoms with van der Waals surface area (Å²) in [5.41, 5.74) is 1.77. The number of amides is 2. The number of anilines is 2. The molecule has 0 aliphatic rings. The number of carbonyl (C=O) groups excluding carboxylic acids is 3. The van der Waals surface area contributed by atoms with E-state index < -0.39 is 17.8 Å². The number of halogens is 2. The predicted molar refractivity (Wildman–Crippen MR) is 98.4 cm³/mol. The second-order valence-electron chi connectivity index (χ2n) is 5.25. The van der Waals surface area contributed by atoms with Gasteiger partial charge in [0, 0.05) is 22.5 Å². The van der Waals surface area contributed by atoms with Crippen LogP contribution in [0.5, 0.6) is 0 Å². The highest BCUT2D eigenvalue weighted by molar-refractivity contribution is 6.34. The minimum Gasteiger partial charge on any atom is -0.545 e. The number of rotatable bonds is 5. The molecule has 0 radical (unpaired) electrons. The van der Waals surface area contributed by atoms with Crippen molar-refractivity contribution < 1.29 is 19.5 Å². The van der Waals surface area contributed by atoms with Crippen molar-refractivity contribution in [3.8, 4) is 0 Å². The van der Waals surface area contributed by atoms with Crippen molar-refractivity contribution in [3.05, 3.63) is 69.7 Å². The van der Waals surface area contributed by atoms with Gasteiger partial charge in [0.05, 0.1) is 16.6 Å². The van der Waals surface area contributed by atoms with Gasteiger partial charge >= 0.3 is 0 Å². The molecule has 2 aromatic rings. The van der Waals surface area contributed by atoms with Gasteiger partial charge in [-0.3, -0.25) is 9.59 Å². The summed E-state index contributed by atoms with van der Waals surface area (Å²) in [4.78, 5) is 34.3. The zero-order valence-corrected chi connectivity index (χ0v) is 15.0. The van der Waals surface area contributed by atoms with E-state index in [-0.39, 0.29) is 16.3 Å². The van der Waals surface area contributed by atoms with Gasteiger partial charge in [0.2, 0.25) is 5.91 Å². The summed E-state index contributed by atoms with van der Waals surface area (Å²) in [5.74, 6) is -2.67. The molecule has 0 atom stereocenters. The van der Waals surface area contributed by atoms with Gasteiger partial charge in [-0.15, -0.1) is 0 Å². The maximum atomic E-state index is 12.4. The van der Waals surface area contributed by atoms with Gasteiger partial charge < -0.3 is 20.5 Å². The van der Waals surface area contributed by atoms with E-state index in [4.69, 9.17) is 23.2 Å². The van der Waals surface area contributed by atoms with Crippen LogP contribution in [0.15, 0.2) is 48.6 Å². The summed E-state index contributed by atoms with van der Waals surface area (Å²) in [6.45, 7) is 1.84. The fraction of sp³-hybridized carbons (Fsp3) is 0.0556. The standard InChI is InChI=1S/C18H14Cl2N2O4/c1-10-2-3-12(9-15(10)20)22-18(26)13-8-11(4-5-14(13)19)21-16(23)6-7-17(24)25/h2-9H,1H3,(H,21,23)(H,22,26)(H,24,25)/p-1/b7-6-. The fourth-order valence-corrected chi connectivity index (χ4v) is 2.36. The quantitative estimate of drug-likeness (QED) is 0.765. The molecule has 0 heterocycles. The molecule has 26 heavy (non-hydrogen) atoms. The van der Waals surface area contributed by atoms with Gasteiger partial charge in [-0.1, -0.05) is 29.3 Å². The molecule has 134 valence electrons. The van der Waals surface area contributed by atoms with Gasteiger partial charge in [-0.2, -0.15) is 0 Å². The van der Waals surface area contributed by atoms with Gasteiger partial charge in [-0.25, -0.2) is 0 Å². The first kappa shape index (κ1) is 19.5. The van der Waals surface area contributed by atoms with E-state index in [0.717, 1.165) is 11.6 Å². The third kappa shape index (κ3) is 5.34. The average molecular weight is 392 g/mol. The van der Waals surface area contributed by atoms with E-state index >= 15 is 0 Å². The van der Waals surface area contributed by atoms with Crippen LogP contribution in [0, 0.1) is 6.92 Å². The molecule has 0 spiro atoms. The summed E-state index contributed by atoms with van der Waals surface area (Å²) in [5, 5.41) is 16.1. The largest absolute Gasteiger partial charge is 0.545 e. The van der Waals surface area contributed by atoms with E-state index in [2.05, 4.69) is 10.6 Å². The molecule has 2 N–H and O–H groups in total. The smallest absolute Gasteiger partial charge is 0.257 e. The molecule has 6 nitrogen and oxygen atoms in total. The molecule has 2 rings (SSSR count). The van der Waals surface area contributed by atoms with Crippen LogP contribution in [0.25, 0.3) is 0 Å². The molecule has 0 aromatic heterocycles. The lowest BCUT2D eigenvalue weighted by Crippen LogP contribution is -2.20. The van der Waals surface area contributed by atoms with Crippen molar-refractivity contribution in [2.24, 2.45) is 0 Å². The third-order valence-corrected chi connectivity index (χ3v) is 4.02. The zero-order chi connectivity index (χ0) is 19.3. The molecule has 0 aliphatic heterocycles. The van der Waals surface area contributed by atoms with Crippen LogP contribution in [0.2, 0.25) is 10.0 Å². The Kier molecular flexibility index (Phi) is 6.38. The van der Waals surface area contributed by atoms with Crippen molar-refractivity contribution >= 4 is 52.4 Å². The lowest BCUT2D eigenvalue weighted by molar-refractivity contribution is -0.297. The van der Waals surface area contributed by atoms with E-state index in [1.54, 1.807) is 18.2 Å². The van der Waals surface area contributed by atoms with E-state index in [9.17, 15) is 19.5 Å². The zero-order valence-electron chi connectivity index (χ0n) is 13.5. The summed E-state index contributed by atoms with van der Waals surface area (Å²) < 4.78 is 0. The van der Waals surface area contributed by atoms with Crippen LogP contribution in [0.3, 0.4) is 0 Å². The van der Waals surface area contributed by atoms with Crippen LogP contribution in [0.1, 0.15) is 15.9 Å². The molecule has 2 amide bonds. The van der Waals surface area contributed by atoms with Crippen molar-refractivity contribution in [2.75, 3.05) is 10.6 Å². The van der Waals surface area contributed by atoms with Crippen LogP contribution < -0.4 is 15.7 Å². The minimum atomic E-state index is -1.49. The topological polar surface area (TPSA) is 98.3 Å². The van der Waals surface area contributed by atoms with Crippen LogP contribution in [0.4, 0.5) is 11.4 Å². The highest BCUT2D eigenvalue weighted by Crippen LogP contribution is 2.24. The number of nitrogens with one attached hydrogen (secondary N) is 2. The number of carbonyl (C=O) groups is 3. The number of hydrogen-bond donors (Lipinski definition) is 2. The van der Waals surface area contributed by atoms with Crippen molar-refractivity contribution in [1.29, 1.82) is 0 Å². The SMILES string of the molecule is Cc1ccc(NC(=O)c2cc(NC(=O)/C=C\C(=O)[O-])ccc2Cl)cc1Cl. The van der Waals surface area contributed by atoms with Gasteiger partial charge in [0.25, 0.3) is 5.91 Å². The van der Waals surface area contributed by atoms with Crippen molar-refractivity contribution in [1.82, 2.24) is 0 Å². The Morgan fingerprint density at radius 3 is 2.23 bits per heavy atom.